The molecule has 0 spiro atoms. The third-order valence-corrected chi connectivity index (χ3v) is 9.57. The van der Waals surface area contributed by atoms with Gasteiger partial charge >= 0.3 is 0 Å². The Morgan fingerprint density at radius 3 is 1.73 bits per heavy atom. The number of rotatable bonds is 30. The van der Waals surface area contributed by atoms with Crippen molar-refractivity contribution >= 4 is 10.9 Å². The van der Waals surface area contributed by atoms with Crippen LogP contribution in [-0.4, -0.2) is 48.8 Å². The van der Waals surface area contributed by atoms with Crippen molar-refractivity contribution in [1.82, 2.24) is 0 Å². The quantitative estimate of drug-likeness (QED) is 0.0752. The number of halogens is 1. The molecule has 0 bridgehead atoms. The minimum atomic E-state index is 0. The first-order chi connectivity index (χ1) is 19.3. The van der Waals surface area contributed by atoms with Gasteiger partial charge in [-0.15, -0.1) is 0 Å². The van der Waals surface area contributed by atoms with Crippen molar-refractivity contribution < 1.29 is 31.6 Å². The van der Waals surface area contributed by atoms with Crippen molar-refractivity contribution in [2.45, 2.75) is 148 Å². The van der Waals surface area contributed by atoms with Crippen LogP contribution in [0.1, 0.15) is 141 Å². The van der Waals surface area contributed by atoms with Crippen molar-refractivity contribution in [3.63, 3.8) is 0 Å². The molecule has 2 atom stereocenters. The van der Waals surface area contributed by atoms with Crippen LogP contribution in [-0.2, 0) is 27.0 Å². The number of unbranched alkanes of at least 4 members (excludes halogenated alkanes) is 18. The van der Waals surface area contributed by atoms with Gasteiger partial charge in [-0.3, -0.25) is 0 Å². The van der Waals surface area contributed by atoms with Crippen LogP contribution in [0.2, 0.25) is 0 Å². The van der Waals surface area contributed by atoms with Crippen LogP contribution in [0, 0.1) is 0 Å². The number of hydrogen-bond donors (Lipinski definition) is 1. The summed E-state index contributed by atoms with van der Waals surface area (Å²) < 4.78 is 12.4. The Balaban J connectivity index is 0.0000152. The second-order valence-electron chi connectivity index (χ2n) is 11.6. The Hall–Kier alpha value is -0.0700. The molecule has 2 unspecified atom stereocenters. The molecule has 1 aromatic rings. The maximum absolute atomic E-state index is 8.97. The van der Waals surface area contributed by atoms with E-state index in [1.165, 1.54) is 127 Å². The molecule has 0 aliphatic carbocycles. The fourth-order valence-electron chi connectivity index (χ4n) is 5.11. The van der Waals surface area contributed by atoms with Crippen molar-refractivity contribution in [1.29, 1.82) is 0 Å². The summed E-state index contributed by atoms with van der Waals surface area (Å²) in [4.78, 5) is 0. The lowest BCUT2D eigenvalue weighted by atomic mass is 10.0. The standard InChI is InChI=1S/C35H65O3S.BrH/c1-3-4-5-6-7-8-9-10-11-12-13-14-15-16-18-24-29-37-32-35(38-31-34-26-21-20-22-27-34)33-39(2)30-25-19-17-23-28-36;/h20-22,26-27,35-36H,3-19,23-25,28-33H2,1-2H3;1H/q+1;/p-1. The summed E-state index contributed by atoms with van der Waals surface area (Å²) in [6, 6.07) is 10.5. The lowest BCUT2D eigenvalue weighted by Crippen LogP contribution is -3.00. The number of benzene rings is 1. The average molecular weight is 646 g/mol. The van der Waals surface area contributed by atoms with Crippen molar-refractivity contribution in [2.75, 3.05) is 37.6 Å². The van der Waals surface area contributed by atoms with Gasteiger partial charge < -0.3 is 31.6 Å². The average Bonchev–Trinajstić information content (AvgIpc) is 2.95. The first kappa shape index (κ1) is 39.9. The number of ether oxygens (including phenoxy) is 2. The first-order valence-corrected chi connectivity index (χ1v) is 18.7. The van der Waals surface area contributed by atoms with E-state index in [0.29, 0.717) is 30.7 Å². The van der Waals surface area contributed by atoms with Gasteiger partial charge in [0.05, 0.1) is 19.5 Å². The largest absolute Gasteiger partial charge is 1.00 e. The van der Waals surface area contributed by atoms with Gasteiger partial charge in [0.15, 0.2) is 0 Å². The highest BCUT2D eigenvalue weighted by Crippen LogP contribution is 2.14. The Bertz CT molecular complexity index is 604. The van der Waals surface area contributed by atoms with Gasteiger partial charge in [0.2, 0.25) is 0 Å². The smallest absolute Gasteiger partial charge is 0.136 e. The normalized spacial score (nSPS) is 12.8. The van der Waals surface area contributed by atoms with Gasteiger partial charge in [-0.1, -0.05) is 140 Å². The number of hydrogen-bond acceptors (Lipinski definition) is 3. The fourth-order valence-corrected chi connectivity index (χ4v) is 6.80. The summed E-state index contributed by atoms with van der Waals surface area (Å²) in [5, 5.41) is 8.97. The van der Waals surface area contributed by atoms with E-state index in [2.05, 4.69) is 43.5 Å². The Kier molecular flexibility index (Phi) is 31.8. The van der Waals surface area contributed by atoms with E-state index in [-0.39, 0.29) is 23.1 Å². The topological polar surface area (TPSA) is 38.7 Å². The van der Waals surface area contributed by atoms with Gasteiger partial charge in [0, 0.05) is 13.2 Å². The molecule has 0 heterocycles. The molecule has 0 radical (unpaired) electrons. The molecule has 5 heteroatoms. The van der Waals surface area contributed by atoms with Gasteiger partial charge in [-0.05, 0) is 42.1 Å². The molecule has 0 aliphatic rings. The van der Waals surface area contributed by atoms with E-state index in [1.54, 1.807) is 0 Å². The molecule has 1 rings (SSSR count). The highest BCUT2D eigenvalue weighted by molar-refractivity contribution is 7.96. The van der Waals surface area contributed by atoms with Gasteiger partial charge in [0.1, 0.15) is 17.6 Å². The Morgan fingerprint density at radius 2 is 1.18 bits per heavy atom. The highest BCUT2D eigenvalue weighted by Gasteiger charge is 2.21. The molecule has 0 fully saturated rings. The lowest BCUT2D eigenvalue weighted by molar-refractivity contribution is -0.0132. The van der Waals surface area contributed by atoms with Crippen LogP contribution in [0.4, 0.5) is 0 Å². The summed E-state index contributed by atoms with van der Waals surface area (Å²) in [5.41, 5.74) is 1.24. The van der Waals surface area contributed by atoms with Crippen LogP contribution in [0.3, 0.4) is 0 Å². The van der Waals surface area contributed by atoms with Crippen molar-refractivity contribution in [3.05, 3.63) is 35.9 Å². The highest BCUT2D eigenvalue weighted by atomic mass is 79.9. The van der Waals surface area contributed by atoms with E-state index in [4.69, 9.17) is 14.6 Å². The Labute approximate surface area is 263 Å². The zero-order valence-corrected chi connectivity index (χ0v) is 28.8. The molecule has 0 saturated heterocycles. The molecule has 3 nitrogen and oxygen atoms in total. The molecule has 1 aromatic carbocycles. The SMILES string of the molecule is CCCCCCCCCCCCCCCCCCOCC(C[S+](C)CCCCCCO)OCc1ccccc1.[Br-]. The van der Waals surface area contributed by atoms with E-state index < -0.39 is 0 Å². The number of aliphatic hydroxyl groups excluding tert-OH is 1. The predicted octanol–water partition coefficient (Wildman–Crippen LogP) is 6.65. The van der Waals surface area contributed by atoms with Gasteiger partial charge in [-0.25, -0.2) is 0 Å². The predicted molar refractivity (Wildman–Crippen MR) is 174 cm³/mol. The molecule has 0 aromatic heterocycles. The zero-order valence-electron chi connectivity index (χ0n) is 26.4. The summed E-state index contributed by atoms with van der Waals surface area (Å²) in [7, 11) is 0.350. The van der Waals surface area contributed by atoms with Crippen molar-refractivity contribution in [3.8, 4) is 0 Å². The minimum absolute atomic E-state index is 0. The van der Waals surface area contributed by atoms with Gasteiger partial charge in [0.25, 0.3) is 0 Å². The summed E-state index contributed by atoms with van der Waals surface area (Å²) in [6.07, 6.45) is 29.5. The van der Waals surface area contributed by atoms with Crippen LogP contribution in [0.5, 0.6) is 0 Å². The molecule has 0 saturated carbocycles. The van der Waals surface area contributed by atoms with E-state index in [9.17, 15) is 0 Å². The second kappa shape index (κ2) is 31.9. The second-order valence-corrected chi connectivity index (χ2v) is 13.9. The number of aliphatic hydroxyl groups is 1. The van der Waals surface area contributed by atoms with Crippen LogP contribution < -0.4 is 17.0 Å². The van der Waals surface area contributed by atoms with E-state index >= 15 is 0 Å². The monoisotopic (exact) mass is 644 g/mol. The zero-order chi connectivity index (χ0) is 28.1. The van der Waals surface area contributed by atoms with Crippen molar-refractivity contribution in [2.24, 2.45) is 0 Å². The van der Waals surface area contributed by atoms with Crippen LogP contribution >= 0.6 is 0 Å². The molecule has 1 N–H and O–H groups in total. The van der Waals surface area contributed by atoms with Gasteiger partial charge in [-0.2, -0.15) is 0 Å². The van der Waals surface area contributed by atoms with E-state index in [0.717, 1.165) is 25.2 Å². The summed E-state index contributed by atoms with van der Waals surface area (Å²) >= 11 is 0. The molecular formula is C35H65BrO3S. The van der Waals surface area contributed by atoms with E-state index in [1.807, 2.05) is 0 Å². The Morgan fingerprint density at radius 1 is 0.675 bits per heavy atom. The molecule has 40 heavy (non-hydrogen) atoms. The third kappa shape index (κ3) is 26.8. The lowest BCUT2D eigenvalue weighted by Gasteiger charge is -2.18. The minimum Gasteiger partial charge on any atom is -1.00 e. The molecule has 0 aliphatic heterocycles. The fraction of sp³-hybridized carbons (Fsp3) is 0.829. The van der Waals surface area contributed by atoms with Crippen LogP contribution in [0.15, 0.2) is 30.3 Å². The maximum atomic E-state index is 8.97. The summed E-state index contributed by atoms with van der Waals surface area (Å²) in [5.74, 6) is 2.35. The van der Waals surface area contributed by atoms with Crippen LogP contribution in [0.25, 0.3) is 0 Å². The summed E-state index contributed by atoms with van der Waals surface area (Å²) in [6.45, 7) is 4.87. The first-order valence-electron chi connectivity index (χ1n) is 16.7. The molecule has 236 valence electrons. The maximum Gasteiger partial charge on any atom is 0.136 e. The third-order valence-electron chi connectivity index (χ3n) is 7.65. The molecule has 0 amide bonds. The molecular weight excluding hydrogens is 580 g/mol.